The lowest BCUT2D eigenvalue weighted by Crippen LogP contribution is -2.43. The molecular weight excluding hydrogens is 413 g/mol. The Morgan fingerprint density at radius 3 is 2.58 bits per heavy atom. The Morgan fingerprint density at radius 2 is 2.04 bits per heavy atom. The molecule has 0 spiro atoms. The van der Waals surface area contributed by atoms with Crippen LogP contribution in [0, 0.1) is 11.8 Å². The SMILES string of the molecule is CN=C(NCC(c1ccccc1)C(C)C)N(C)CC1CCOC1.I. The highest BCUT2D eigenvalue weighted by molar-refractivity contribution is 14.0. The fourth-order valence-electron chi connectivity index (χ4n) is 3.23. The van der Waals surface area contributed by atoms with Gasteiger partial charge in [-0.2, -0.15) is 0 Å². The minimum Gasteiger partial charge on any atom is -0.381 e. The first-order valence-corrected chi connectivity index (χ1v) is 8.66. The van der Waals surface area contributed by atoms with Crippen molar-refractivity contribution >= 4 is 29.9 Å². The van der Waals surface area contributed by atoms with Crippen LogP contribution in [0.4, 0.5) is 0 Å². The third-order valence-corrected chi connectivity index (χ3v) is 4.64. The Kier molecular flexibility index (Phi) is 9.66. The van der Waals surface area contributed by atoms with E-state index in [4.69, 9.17) is 4.74 Å². The van der Waals surface area contributed by atoms with Crippen LogP contribution in [0.15, 0.2) is 35.3 Å². The van der Waals surface area contributed by atoms with Crippen LogP contribution in [0.5, 0.6) is 0 Å². The fraction of sp³-hybridized carbons (Fsp3) is 0.632. The molecule has 0 bridgehead atoms. The van der Waals surface area contributed by atoms with Crippen LogP contribution >= 0.6 is 24.0 Å². The number of nitrogens with zero attached hydrogens (tertiary/aromatic N) is 2. The molecule has 1 aliphatic heterocycles. The van der Waals surface area contributed by atoms with Crippen molar-refractivity contribution in [3.63, 3.8) is 0 Å². The summed E-state index contributed by atoms with van der Waals surface area (Å²) in [6.45, 7) is 8.23. The summed E-state index contributed by atoms with van der Waals surface area (Å²) in [5.41, 5.74) is 1.39. The van der Waals surface area contributed by atoms with Crippen molar-refractivity contribution < 1.29 is 4.74 Å². The van der Waals surface area contributed by atoms with E-state index in [2.05, 4.69) is 66.4 Å². The Balaban J connectivity index is 0.00000288. The molecule has 2 unspecified atom stereocenters. The number of halogens is 1. The second kappa shape index (κ2) is 10.9. The van der Waals surface area contributed by atoms with E-state index in [9.17, 15) is 0 Å². The van der Waals surface area contributed by atoms with E-state index in [0.29, 0.717) is 17.8 Å². The zero-order chi connectivity index (χ0) is 16.7. The molecule has 1 heterocycles. The summed E-state index contributed by atoms with van der Waals surface area (Å²) in [5, 5.41) is 3.56. The lowest BCUT2D eigenvalue weighted by atomic mass is 9.88. The van der Waals surface area contributed by atoms with Crippen molar-refractivity contribution in [1.82, 2.24) is 10.2 Å². The third-order valence-electron chi connectivity index (χ3n) is 4.64. The van der Waals surface area contributed by atoms with Crippen molar-refractivity contribution in [2.24, 2.45) is 16.8 Å². The lowest BCUT2D eigenvalue weighted by molar-refractivity contribution is 0.181. The van der Waals surface area contributed by atoms with Crippen molar-refractivity contribution in [1.29, 1.82) is 0 Å². The van der Waals surface area contributed by atoms with Crippen LogP contribution in [-0.4, -0.2) is 51.3 Å². The zero-order valence-corrected chi connectivity index (χ0v) is 17.7. The molecule has 0 saturated carbocycles. The standard InChI is InChI=1S/C19H31N3O.HI/c1-15(2)18(17-8-6-5-7-9-17)12-21-19(20-3)22(4)13-16-10-11-23-14-16;/h5-9,15-16,18H,10-14H2,1-4H3,(H,20,21);1H. The Bertz CT molecular complexity index is 487. The van der Waals surface area contributed by atoms with Gasteiger partial charge in [0.25, 0.3) is 0 Å². The van der Waals surface area contributed by atoms with Crippen LogP contribution in [0.1, 0.15) is 31.7 Å². The van der Waals surface area contributed by atoms with Gasteiger partial charge in [0, 0.05) is 45.6 Å². The van der Waals surface area contributed by atoms with E-state index in [1.807, 2.05) is 7.05 Å². The summed E-state index contributed by atoms with van der Waals surface area (Å²) in [5.74, 6) is 2.65. The number of nitrogens with one attached hydrogen (secondary N) is 1. The van der Waals surface area contributed by atoms with Crippen LogP contribution in [-0.2, 0) is 4.74 Å². The van der Waals surface area contributed by atoms with Gasteiger partial charge in [0.2, 0.25) is 0 Å². The molecule has 1 aliphatic rings. The number of ether oxygens (including phenoxy) is 1. The molecule has 136 valence electrons. The van der Waals surface area contributed by atoms with Crippen LogP contribution in [0.25, 0.3) is 0 Å². The van der Waals surface area contributed by atoms with Gasteiger partial charge in [-0.3, -0.25) is 4.99 Å². The molecule has 0 aromatic heterocycles. The highest BCUT2D eigenvalue weighted by Crippen LogP contribution is 2.23. The molecule has 1 fully saturated rings. The molecule has 5 heteroatoms. The molecule has 1 aromatic carbocycles. The minimum absolute atomic E-state index is 0. The van der Waals surface area contributed by atoms with Crippen molar-refractivity contribution in [2.45, 2.75) is 26.2 Å². The van der Waals surface area contributed by atoms with Gasteiger partial charge in [-0.05, 0) is 17.9 Å². The Hall–Kier alpha value is -0.820. The molecule has 1 saturated heterocycles. The summed E-state index contributed by atoms with van der Waals surface area (Å²) in [6.07, 6.45) is 1.15. The molecule has 24 heavy (non-hydrogen) atoms. The fourth-order valence-corrected chi connectivity index (χ4v) is 3.23. The minimum atomic E-state index is 0. The average Bonchev–Trinajstić information content (AvgIpc) is 3.05. The van der Waals surface area contributed by atoms with Gasteiger partial charge in [0.15, 0.2) is 5.96 Å². The van der Waals surface area contributed by atoms with Gasteiger partial charge >= 0.3 is 0 Å². The van der Waals surface area contributed by atoms with Crippen molar-refractivity contribution in [3.05, 3.63) is 35.9 Å². The zero-order valence-electron chi connectivity index (χ0n) is 15.4. The van der Waals surface area contributed by atoms with E-state index in [0.717, 1.165) is 38.7 Å². The van der Waals surface area contributed by atoms with Gasteiger partial charge in [-0.15, -0.1) is 24.0 Å². The maximum absolute atomic E-state index is 5.47. The van der Waals surface area contributed by atoms with Gasteiger partial charge in [0.1, 0.15) is 0 Å². The van der Waals surface area contributed by atoms with E-state index < -0.39 is 0 Å². The predicted molar refractivity (Wildman–Crippen MR) is 112 cm³/mol. The normalized spacial score (nSPS) is 19.0. The first-order valence-electron chi connectivity index (χ1n) is 8.66. The maximum atomic E-state index is 5.47. The first kappa shape index (κ1) is 21.2. The molecule has 1 aromatic rings. The highest BCUT2D eigenvalue weighted by Gasteiger charge is 2.20. The van der Waals surface area contributed by atoms with Gasteiger partial charge in [-0.25, -0.2) is 0 Å². The van der Waals surface area contributed by atoms with Gasteiger partial charge in [0.05, 0.1) is 6.61 Å². The summed E-state index contributed by atoms with van der Waals surface area (Å²) < 4.78 is 5.47. The van der Waals surface area contributed by atoms with Gasteiger partial charge in [-0.1, -0.05) is 44.2 Å². The van der Waals surface area contributed by atoms with Crippen molar-refractivity contribution in [2.75, 3.05) is 40.4 Å². The van der Waals surface area contributed by atoms with E-state index in [1.54, 1.807) is 0 Å². The second-order valence-corrected chi connectivity index (χ2v) is 6.80. The second-order valence-electron chi connectivity index (χ2n) is 6.80. The van der Waals surface area contributed by atoms with Crippen LogP contribution in [0.3, 0.4) is 0 Å². The molecule has 1 N–H and O–H groups in total. The summed E-state index contributed by atoms with van der Waals surface area (Å²) in [7, 11) is 3.97. The molecule has 2 atom stereocenters. The summed E-state index contributed by atoms with van der Waals surface area (Å²) in [4.78, 5) is 6.67. The predicted octanol–water partition coefficient (Wildman–Crippen LogP) is 3.59. The number of hydrogen-bond donors (Lipinski definition) is 1. The average molecular weight is 445 g/mol. The topological polar surface area (TPSA) is 36.9 Å². The number of rotatable bonds is 6. The van der Waals surface area contributed by atoms with E-state index in [1.165, 1.54) is 5.56 Å². The van der Waals surface area contributed by atoms with Gasteiger partial charge < -0.3 is 15.0 Å². The van der Waals surface area contributed by atoms with Crippen molar-refractivity contribution in [3.8, 4) is 0 Å². The third kappa shape index (κ3) is 6.24. The monoisotopic (exact) mass is 445 g/mol. The quantitative estimate of drug-likeness (QED) is 0.413. The molecule has 0 radical (unpaired) electrons. The Labute approximate surface area is 164 Å². The number of guanidine groups is 1. The van der Waals surface area contributed by atoms with Crippen LogP contribution in [0.2, 0.25) is 0 Å². The molecule has 0 aliphatic carbocycles. The molecule has 2 rings (SSSR count). The highest BCUT2D eigenvalue weighted by atomic mass is 127. The summed E-state index contributed by atoms with van der Waals surface area (Å²) >= 11 is 0. The lowest BCUT2D eigenvalue weighted by Gasteiger charge is -2.28. The molecule has 4 nitrogen and oxygen atoms in total. The number of benzene rings is 1. The number of aliphatic imine (C=N–C) groups is 1. The largest absolute Gasteiger partial charge is 0.381 e. The summed E-state index contributed by atoms with van der Waals surface area (Å²) in [6, 6.07) is 10.7. The number of hydrogen-bond acceptors (Lipinski definition) is 2. The molecular formula is C19H32IN3O. The van der Waals surface area contributed by atoms with E-state index >= 15 is 0 Å². The van der Waals surface area contributed by atoms with E-state index in [-0.39, 0.29) is 24.0 Å². The Morgan fingerprint density at radius 1 is 1.33 bits per heavy atom. The van der Waals surface area contributed by atoms with Crippen LogP contribution < -0.4 is 5.32 Å². The maximum Gasteiger partial charge on any atom is 0.193 e. The first-order chi connectivity index (χ1) is 11.1. The molecule has 0 amide bonds. The smallest absolute Gasteiger partial charge is 0.193 e.